The van der Waals surface area contributed by atoms with E-state index in [0.717, 1.165) is 44.2 Å². The molecule has 7 rings (SSSR count). The Morgan fingerprint density at radius 1 is 0.988 bits per heavy atom. The Morgan fingerprint density at radius 2 is 1.70 bits per heavy atom. The van der Waals surface area contributed by atoms with Crippen molar-refractivity contribution in [2.45, 2.75) is 78.0 Å². The van der Waals surface area contributed by atoms with Crippen LogP contribution in [-0.2, 0) is 45.5 Å². The number of quaternary nitrogens is 2. The molecule has 3 atom stereocenters. The number of aryl methyl sites for hydroxylation is 2. The molecular weight excluding hydrogens is 1110 g/mol. The first-order chi connectivity index (χ1) is 39.1. The van der Waals surface area contributed by atoms with Gasteiger partial charge < -0.3 is 66.5 Å². The molecule has 2 aromatic heterocycles. The second-order valence-electron chi connectivity index (χ2n) is 21.6. The number of nitrogens with zero attached hydrogens (tertiary/aromatic N) is 5. The number of hydroxylamine groups is 2. The van der Waals surface area contributed by atoms with E-state index in [4.69, 9.17) is 14.2 Å². The average Bonchev–Trinajstić information content (AvgIpc) is 1.74. The van der Waals surface area contributed by atoms with Crippen molar-refractivity contribution in [2.75, 3.05) is 73.3 Å². The SMILES string of the molecule is Cc1ccc(C2=[N+]3C(=Cc4c(C)cc(/C=C/c5ccc(OCCCC(=O)NC(CS(=O)(=O)[O-])C(=O)NCC[NH+](C)CCOc6cc([N+](=O)[O-])c(C(C)OC(=O)ON7C(=O)CCC7=O)cc6CO)cc5)n4[B-]3(F)F)C(CCC[N+](C)(C)C)=C2)[nH]1. The fourth-order valence-electron chi connectivity index (χ4n) is 9.74. The molecule has 3 aliphatic heterocycles. The predicted molar refractivity (Wildman–Crippen MR) is 298 cm³/mol. The number of fused-ring (bicyclic) bond motifs is 2. The Bertz CT molecular complexity index is 3370. The molecule has 1 fully saturated rings. The number of H-pyrrole nitrogens is 1. The number of aromatic nitrogens is 2. The second kappa shape index (κ2) is 26.5. The minimum Gasteiger partial charge on any atom is -0.748 e. The van der Waals surface area contributed by atoms with E-state index < -0.39 is 82.0 Å². The van der Waals surface area contributed by atoms with Gasteiger partial charge in [0.05, 0.1) is 93.5 Å². The fraction of sp³-hybridized carbons (Fsp3) is 0.418. The molecule has 0 bridgehead atoms. The number of carbonyl (C=O) groups is 5. The molecule has 5 heterocycles. The minimum atomic E-state index is -4.98. The summed E-state index contributed by atoms with van der Waals surface area (Å²) in [5.41, 5.74) is 4.90. The minimum absolute atomic E-state index is 0.0341. The van der Waals surface area contributed by atoms with Crippen LogP contribution in [0.4, 0.5) is 19.1 Å². The van der Waals surface area contributed by atoms with Crippen molar-refractivity contribution in [1.29, 1.82) is 0 Å². The Kier molecular flexibility index (Phi) is 19.9. The number of likely N-dealkylation sites (N-methyl/N-ethyl adjacent to an activating group) is 1. The van der Waals surface area contributed by atoms with Gasteiger partial charge in [-0.1, -0.05) is 23.3 Å². The fourth-order valence-corrected chi connectivity index (χ4v) is 10.4. The number of benzene rings is 2. The molecule has 3 unspecified atom stereocenters. The Balaban J connectivity index is 0.865. The molecule has 0 radical (unpaired) electrons. The lowest BCUT2D eigenvalue weighted by atomic mass is 9.88. The molecule has 1 saturated heterocycles. The summed E-state index contributed by atoms with van der Waals surface area (Å²) in [7, 11) is 3.07. The van der Waals surface area contributed by atoms with Crippen LogP contribution in [0.5, 0.6) is 11.5 Å². The number of nitrogens with one attached hydrogen (secondary N) is 4. The van der Waals surface area contributed by atoms with E-state index in [1.807, 2.05) is 38.1 Å². The number of halogens is 2. The third-order valence-electron chi connectivity index (χ3n) is 14.0. The highest BCUT2D eigenvalue weighted by Crippen LogP contribution is 2.40. The first-order valence-corrected chi connectivity index (χ1v) is 28.5. The van der Waals surface area contributed by atoms with Gasteiger partial charge in [0.15, 0.2) is 11.4 Å². The summed E-state index contributed by atoms with van der Waals surface area (Å²) < 4.78 is 89.2. The molecule has 4 aromatic rings. The van der Waals surface area contributed by atoms with Gasteiger partial charge in [0, 0.05) is 66.1 Å². The van der Waals surface area contributed by atoms with Gasteiger partial charge in [-0.05, 0) is 87.2 Å². The number of ether oxygens (including phenoxy) is 3. The van der Waals surface area contributed by atoms with Gasteiger partial charge in [-0.3, -0.25) is 34.1 Å². The number of carbonyl (C=O) groups excluding carboxylic acids is 5. The van der Waals surface area contributed by atoms with E-state index in [0.29, 0.717) is 51.8 Å². The van der Waals surface area contributed by atoms with E-state index >= 15 is 8.63 Å². The monoisotopic (exact) mass is 1180 g/mol. The first kappa shape index (κ1) is 62.6. The van der Waals surface area contributed by atoms with Crippen LogP contribution in [0, 0.1) is 24.0 Å². The molecular formula is C55H69BF2N9O15S+. The number of hydrogen-bond acceptors (Lipinski definition) is 15. The molecule has 3 aliphatic rings. The Hall–Kier alpha value is -8.05. The lowest BCUT2D eigenvalue weighted by Gasteiger charge is -2.31. The van der Waals surface area contributed by atoms with Crippen LogP contribution in [0.15, 0.2) is 71.9 Å². The molecule has 0 aliphatic carbocycles. The van der Waals surface area contributed by atoms with Gasteiger partial charge >= 0.3 is 13.1 Å². The topological polar surface area (TPSA) is 298 Å². The number of hydrogen-bond donors (Lipinski definition) is 5. The maximum atomic E-state index is 17.1. The summed E-state index contributed by atoms with van der Waals surface area (Å²) in [5.74, 6) is -3.95. The van der Waals surface area contributed by atoms with E-state index in [1.165, 1.54) is 17.5 Å². The average molecular weight is 1180 g/mol. The number of amides is 4. The zero-order valence-electron chi connectivity index (χ0n) is 47.2. The quantitative estimate of drug-likeness (QED) is 0.00792. The Morgan fingerprint density at radius 3 is 2.34 bits per heavy atom. The summed E-state index contributed by atoms with van der Waals surface area (Å²) >= 11 is 0. The number of aliphatic hydroxyl groups is 1. The van der Waals surface area contributed by atoms with Crippen molar-refractivity contribution in [1.82, 2.24) is 25.2 Å². The number of nitro benzene ring substituents is 1. The summed E-state index contributed by atoms with van der Waals surface area (Å²) in [6.07, 6.45) is 5.48. The van der Waals surface area contributed by atoms with Crippen LogP contribution in [0.1, 0.15) is 96.6 Å². The Labute approximate surface area is 478 Å². The van der Waals surface area contributed by atoms with Gasteiger partial charge in [0.2, 0.25) is 11.8 Å². The van der Waals surface area contributed by atoms with Crippen molar-refractivity contribution >= 4 is 76.5 Å². The van der Waals surface area contributed by atoms with E-state index in [9.17, 15) is 52.2 Å². The van der Waals surface area contributed by atoms with Crippen molar-refractivity contribution < 1.29 is 88.5 Å². The van der Waals surface area contributed by atoms with Crippen LogP contribution in [-0.4, -0.2) is 168 Å². The molecule has 446 valence electrons. The molecule has 0 spiro atoms. The lowest BCUT2D eigenvalue weighted by Crippen LogP contribution is -3.10. The number of aromatic amines is 1. The zero-order chi connectivity index (χ0) is 60.6. The van der Waals surface area contributed by atoms with Crippen LogP contribution in [0.2, 0.25) is 0 Å². The molecule has 0 saturated carbocycles. The second-order valence-corrected chi connectivity index (χ2v) is 23.1. The normalized spacial score (nSPS) is 16.0. The lowest BCUT2D eigenvalue weighted by molar-refractivity contribution is -0.878. The third-order valence-corrected chi connectivity index (χ3v) is 14.7. The van der Waals surface area contributed by atoms with Gasteiger partial charge in [0.25, 0.3) is 17.5 Å². The van der Waals surface area contributed by atoms with Crippen molar-refractivity contribution in [3.63, 3.8) is 0 Å². The maximum Gasteiger partial charge on any atom is 0.737 e. The summed E-state index contributed by atoms with van der Waals surface area (Å²) in [6.45, 7) is 1.37. The van der Waals surface area contributed by atoms with Crippen molar-refractivity contribution in [2.24, 2.45) is 0 Å². The molecule has 83 heavy (non-hydrogen) atoms. The molecule has 2 aromatic carbocycles. The van der Waals surface area contributed by atoms with Crippen LogP contribution in [0.25, 0.3) is 18.2 Å². The highest BCUT2D eigenvalue weighted by Gasteiger charge is 2.54. The van der Waals surface area contributed by atoms with Crippen LogP contribution in [0.3, 0.4) is 0 Å². The number of imide groups is 1. The molecule has 28 heteroatoms. The highest BCUT2D eigenvalue weighted by molar-refractivity contribution is 7.85. The van der Waals surface area contributed by atoms with Gasteiger partial charge in [-0.2, -0.15) is 0 Å². The summed E-state index contributed by atoms with van der Waals surface area (Å²) in [5, 5.41) is 27.2. The van der Waals surface area contributed by atoms with Gasteiger partial charge in [-0.15, -0.1) is 0 Å². The van der Waals surface area contributed by atoms with Crippen LogP contribution < -0.4 is 25.0 Å². The van der Waals surface area contributed by atoms with Gasteiger partial charge in [0.1, 0.15) is 42.5 Å². The van der Waals surface area contributed by atoms with E-state index in [1.54, 1.807) is 49.5 Å². The van der Waals surface area contributed by atoms with Crippen LogP contribution >= 0.6 is 0 Å². The molecule has 24 nitrogen and oxygen atoms in total. The first-order valence-electron chi connectivity index (χ1n) is 26.9. The number of nitro groups is 1. The summed E-state index contributed by atoms with van der Waals surface area (Å²) in [4.78, 5) is 81.8. The number of rotatable bonds is 28. The van der Waals surface area contributed by atoms with Crippen molar-refractivity contribution in [3.05, 3.63) is 127 Å². The number of allylic oxidation sites excluding steroid dienone is 2. The molecule has 4 amide bonds. The largest absolute Gasteiger partial charge is 0.748 e. The maximum absolute atomic E-state index is 17.1. The summed E-state index contributed by atoms with van der Waals surface area (Å²) in [6, 6.07) is 12.9. The third kappa shape index (κ3) is 16.2. The number of aliphatic hydroxyl groups excluding tert-OH is 1. The standard InChI is InChI=1S/C55H68BF2N9O15S/c1-35-28-41(63-46(35)31-47-39(10-8-25-67(5,6)7)30-49(64(47)56(63,57)58)44-19-12-36(2)60-44)16-13-38-14-17-42(18-15-38)79-26-9-11-51(69)61-45(34-83(76,77)78)54(72)59-22-23-62(4)24-27-80-50-32-48(66(74)75)43(29-40(50)33-68)37(3)81-55(73)82-65-52(70)20-21-53(65)71/h12-19,28-32,37,45,60,68H,8-11,20-27,33-34H2,1-7H3,(H2-,59,61,69,72,76,77,78)/p+1/b16-13+. The molecule has 5 N–H and O–H groups in total. The highest BCUT2D eigenvalue weighted by atomic mass is 32.2. The van der Waals surface area contributed by atoms with Crippen molar-refractivity contribution in [3.8, 4) is 11.5 Å². The smallest absolute Gasteiger partial charge is 0.737 e. The van der Waals surface area contributed by atoms with Gasteiger partial charge in [-0.25, -0.2) is 13.2 Å². The zero-order valence-corrected chi connectivity index (χ0v) is 48.0. The van der Waals surface area contributed by atoms with E-state index in [2.05, 4.69) is 41.6 Å². The predicted octanol–water partition coefficient (Wildman–Crippen LogP) is 3.69. The van der Waals surface area contributed by atoms with E-state index in [-0.39, 0.29) is 80.5 Å².